The molecule has 322 valence electrons. The van der Waals surface area contributed by atoms with Crippen LogP contribution >= 0.6 is 0 Å². The molecule has 4 aliphatic heterocycles. The molecule has 6 unspecified atom stereocenters. The Labute approximate surface area is 344 Å². The van der Waals surface area contributed by atoms with E-state index in [2.05, 4.69) is 15.3 Å². The number of Topliss-reactive ketones (excluding diaryl/α,β-unsaturated/α-hetero) is 1. The van der Waals surface area contributed by atoms with E-state index in [1.165, 1.54) is 59.4 Å². The maximum atomic E-state index is 14.4. The summed E-state index contributed by atoms with van der Waals surface area (Å²) in [6.45, 7) is 15.1. The van der Waals surface area contributed by atoms with Crippen molar-refractivity contribution in [2.75, 3.05) is 45.7 Å². The molecule has 5 bridgehead atoms. The highest BCUT2D eigenvalue weighted by molar-refractivity contribution is 6.23. The van der Waals surface area contributed by atoms with Crippen molar-refractivity contribution in [3.8, 4) is 23.0 Å². The van der Waals surface area contributed by atoms with Gasteiger partial charge in [0.2, 0.25) is 0 Å². The van der Waals surface area contributed by atoms with E-state index < -0.39 is 88.8 Å². The molecule has 4 aliphatic rings. The van der Waals surface area contributed by atoms with Gasteiger partial charge in [-0.3, -0.25) is 19.4 Å². The van der Waals surface area contributed by atoms with Crippen LogP contribution in [-0.2, 0) is 23.8 Å². The van der Waals surface area contributed by atoms with Crippen LogP contribution in [0.15, 0.2) is 41.2 Å². The number of nitrogens with one attached hydrogen (secondary N) is 1. The van der Waals surface area contributed by atoms with Crippen LogP contribution in [0.4, 0.5) is 5.69 Å². The topological polar surface area (TPSA) is 220 Å². The second kappa shape index (κ2) is 18.0. The third-order valence-electron chi connectivity index (χ3n) is 11.9. The van der Waals surface area contributed by atoms with Gasteiger partial charge in [0.1, 0.15) is 23.4 Å². The number of phenolic OH excluding ortho intramolecular Hbond substituents is 3. The first-order chi connectivity index (χ1) is 27.7. The SMILES string of the molecule is COC1/C=C/O[C@@]2(C)Oc3c(C)c(O)c4c(O)c(c(C=NN5CCN(C)CC5)c(O)c4c3C2=O)NC(=O)/C(C)=C\C=C\C(C)C(O)[C@@H](C)C(O)C(C)[C@H](OC(C)=O)C1C. The fourth-order valence-corrected chi connectivity index (χ4v) is 7.92. The van der Waals surface area contributed by atoms with Crippen molar-refractivity contribution in [2.45, 2.75) is 85.6 Å². The van der Waals surface area contributed by atoms with Crippen molar-refractivity contribution in [1.82, 2.24) is 9.91 Å². The number of ketones is 1. The molecule has 9 atom stereocenters. The molecule has 1 fully saturated rings. The van der Waals surface area contributed by atoms with Gasteiger partial charge in [-0.25, -0.2) is 0 Å². The highest BCUT2D eigenvalue weighted by atomic mass is 16.7. The third-order valence-corrected chi connectivity index (χ3v) is 11.9. The minimum absolute atomic E-state index is 0.0559. The number of amides is 1. The van der Waals surface area contributed by atoms with Gasteiger partial charge in [0.05, 0.1) is 53.0 Å². The summed E-state index contributed by atoms with van der Waals surface area (Å²) in [5, 5.41) is 66.8. The van der Waals surface area contributed by atoms with E-state index in [4.69, 9.17) is 18.9 Å². The molecule has 59 heavy (non-hydrogen) atoms. The van der Waals surface area contributed by atoms with E-state index in [9.17, 15) is 39.9 Å². The number of rotatable bonds is 4. The molecule has 0 saturated carbocycles. The number of fused-ring (bicyclic) bond motifs is 14. The van der Waals surface area contributed by atoms with Crippen molar-refractivity contribution in [3.63, 3.8) is 0 Å². The van der Waals surface area contributed by atoms with E-state index in [1.54, 1.807) is 44.9 Å². The van der Waals surface area contributed by atoms with Gasteiger partial charge in [-0.05, 0) is 27.0 Å². The molecule has 0 aromatic heterocycles. The van der Waals surface area contributed by atoms with E-state index in [-0.39, 0.29) is 44.5 Å². The molecule has 2 aromatic rings. The molecule has 0 spiro atoms. The molecule has 2 aromatic carbocycles. The van der Waals surface area contributed by atoms with Crippen molar-refractivity contribution < 1.29 is 58.9 Å². The molecule has 6 N–H and O–H groups in total. The molecule has 1 saturated heterocycles. The number of carbonyl (C=O) groups excluding carboxylic acids is 3. The van der Waals surface area contributed by atoms with Crippen LogP contribution in [0.5, 0.6) is 23.0 Å². The van der Waals surface area contributed by atoms with Gasteiger partial charge in [-0.2, -0.15) is 5.10 Å². The number of piperazine rings is 1. The Balaban J connectivity index is 1.70. The second-order valence-corrected chi connectivity index (χ2v) is 16.1. The Morgan fingerprint density at radius 2 is 1.61 bits per heavy atom. The average molecular weight is 823 g/mol. The first-order valence-corrected chi connectivity index (χ1v) is 19.8. The Kier molecular flexibility index (Phi) is 13.7. The summed E-state index contributed by atoms with van der Waals surface area (Å²) in [4.78, 5) is 42.6. The second-order valence-electron chi connectivity index (χ2n) is 16.1. The van der Waals surface area contributed by atoms with Gasteiger partial charge >= 0.3 is 11.8 Å². The molecule has 1 amide bonds. The lowest BCUT2D eigenvalue weighted by molar-refractivity contribution is -0.160. The highest BCUT2D eigenvalue weighted by Gasteiger charge is 2.50. The number of hydrazone groups is 1. The Bertz CT molecular complexity index is 2070. The average Bonchev–Trinajstić information content (AvgIpc) is 3.46. The number of anilines is 1. The standard InChI is InChI=1S/C43H58N4O12/c1-21-12-11-13-22(2)42(55)45-33-28(20-44-47-17-15-46(9)16-18-47)37(52)30-31(38(33)53)36(51)26(6)40-32(30)41(54)43(8,59-40)57-19-14-29(56-10)23(3)39(58-27(7)48)25(5)35(50)24(4)34(21)49/h11-14,19-21,23-25,29,34-35,39,49-53H,15-18H2,1-10H3,(H,45,55)/b12-11+,19-14+,22-13-,44-20?/t21?,23?,24-,25?,29?,34?,35?,39-,43+/m1/s1. The number of aliphatic hydroxyl groups is 2. The molecule has 0 aliphatic carbocycles. The van der Waals surface area contributed by atoms with E-state index in [1.807, 2.05) is 7.05 Å². The summed E-state index contributed by atoms with van der Waals surface area (Å²) in [5.74, 6) is -8.34. The van der Waals surface area contributed by atoms with Crippen molar-refractivity contribution in [2.24, 2.45) is 28.8 Å². The lowest BCUT2D eigenvalue weighted by Gasteiger charge is -2.38. The zero-order valence-corrected chi connectivity index (χ0v) is 35.3. The number of allylic oxidation sites excluding steroid dienone is 2. The van der Waals surface area contributed by atoms with E-state index >= 15 is 0 Å². The lowest BCUT2D eigenvalue weighted by atomic mass is 9.78. The van der Waals surface area contributed by atoms with Gasteiger partial charge in [-0.1, -0.05) is 45.9 Å². The molecule has 16 nitrogen and oxygen atoms in total. The number of aromatic hydroxyl groups is 3. The number of hydrogen-bond donors (Lipinski definition) is 6. The zero-order chi connectivity index (χ0) is 43.7. The monoisotopic (exact) mass is 822 g/mol. The number of likely N-dealkylation sites (N-methyl/N-ethyl adjacent to an activating group) is 1. The minimum Gasteiger partial charge on any atom is -0.507 e. The van der Waals surface area contributed by atoms with Crippen LogP contribution in [0.1, 0.15) is 70.0 Å². The summed E-state index contributed by atoms with van der Waals surface area (Å²) in [7, 11) is 3.42. The number of carbonyl (C=O) groups is 3. The van der Waals surface area contributed by atoms with Crippen LogP contribution in [0, 0.1) is 30.6 Å². The maximum absolute atomic E-state index is 14.4. The maximum Gasteiger partial charge on any atom is 0.312 e. The first kappa shape index (κ1) is 44.9. The summed E-state index contributed by atoms with van der Waals surface area (Å²) in [6, 6.07) is 0. The summed E-state index contributed by atoms with van der Waals surface area (Å²) < 4.78 is 23.6. The molecule has 0 radical (unpaired) electrons. The molecule has 6 rings (SSSR count). The number of hydrogen-bond acceptors (Lipinski definition) is 15. The molecular weight excluding hydrogens is 764 g/mol. The molecule has 4 heterocycles. The fourth-order valence-electron chi connectivity index (χ4n) is 7.92. The zero-order valence-electron chi connectivity index (χ0n) is 35.3. The lowest BCUT2D eigenvalue weighted by Crippen LogP contribution is -2.46. The highest BCUT2D eigenvalue weighted by Crippen LogP contribution is 2.55. The van der Waals surface area contributed by atoms with E-state index in [0.29, 0.717) is 13.1 Å². The first-order valence-electron chi connectivity index (χ1n) is 19.8. The van der Waals surface area contributed by atoms with Crippen molar-refractivity contribution in [3.05, 3.63) is 52.8 Å². The molecular formula is C43H58N4O12. The predicted molar refractivity (Wildman–Crippen MR) is 220 cm³/mol. The summed E-state index contributed by atoms with van der Waals surface area (Å²) in [6.07, 6.45) is 4.86. The minimum atomic E-state index is -2.04. The largest absolute Gasteiger partial charge is 0.507 e. The number of esters is 1. The number of nitrogens with zero attached hydrogens (tertiary/aromatic N) is 3. The smallest absolute Gasteiger partial charge is 0.312 e. The summed E-state index contributed by atoms with van der Waals surface area (Å²) >= 11 is 0. The number of ether oxygens (including phenoxy) is 4. The predicted octanol–water partition coefficient (Wildman–Crippen LogP) is 4.34. The third kappa shape index (κ3) is 8.91. The van der Waals surface area contributed by atoms with Gasteiger partial charge in [0.25, 0.3) is 11.7 Å². The quantitative estimate of drug-likeness (QED) is 0.109. The Morgan fingerprint density at radius 1 is 0.949 bits per heavy atom. The number of phenols is 3. The normalized spacial score (nSPS) is 32.1. The number of methoxy groups -OCH3 is 1. The van der Waals surface area contributed by atoms with E-state index in [0.717, 1.165) is 13.1 Å². The van der Waals surface area contributed by atoms with Crippen LogP contribution in [-0.4, -0.2) is 130 Å². The number of benzene rings is 2. The van der Waals surface area contributed by atoms with Gasteiger partial charge < -0.3 is 54.7 Å². The Hall–Kier alpha value is -5.16. The van der Waals surface area contributed by atoms with Gasteiger partial charge in [0.15, 0.2) is 5.75 Å². The van der Waals surface area contributed by atoms with Crippen LogP contribution < -0.4 is 10.1 Å². The van der Waals surface area contributed by atoms with Crippen LogP contribution in [0.3, 0.4) is 0 Å². The van der Waals surface area contributed by atoms with Crippen LogP contribution in [0.25, 0.3) is 10.8 Å². The molecule has 16 heteroatoms. The van der Waals surface area contributed by atoms with Gasteiger partial charge in [0, 0.05) is 87.3 Å². The van der Waals surface area contributed by atoms with Crippen molar-refractivity contribution >= 4 is 40.3 Å². The summed E-state index contributed by atoms with van der Waals surface area (Å²) in [5.41, 5.74) is -0.350. The number of aliphatic hydroxyl groups excluding tert-OH is 2. The van der Waals surface area contributed by atoms with Crippen molar-refractivity contribution in [1.29, 1.82) is 0 Å². The Morgan fingerprint density at radius 3 is 2.24 bits per heavy atom. The van der Waals surface area contributed by atoms with Gasteiger partial charge in [-0.15, -0.1) is 0 Å². The fraction of sp³-hybridized carbons (Fsp3) is 0.535. The van der Waals surface area contributed by atoms with Crippen LogP contribution in [0.2, 0.25) is 0 Å².